The van der Waals surface area contributed by atoms with Crippen molar-refractivity contribution in [2.24, 2.45) is 0 Å². The van der Waals surface area contributed by atoms with Gasteiger partial charge in [-0.2, -0.15) is 0 Å². The third-order valence-electron chi connectivity index (χ3n) is 2.19. The summed E-state index contributed by atoms with van der Waals surface area (Å²) in [6.07, 6.45) is 5.68. The fourth-order valence-corrected chi connectivity index (χ4v) is 1.44. The second kappa shape index (κ2) is 6.53. The molecule has 1 aliphatic rings. The lowest BCUT2D eigenvalue weighted by molar-refractivity contribution is -0.135. The van der Waals surface area contributed by atoms with E-state index in [2.05, 4.69) is 18.8 Å². The molecule has 15 heavy (non-hydrogen) atoms. The Morgan fingerprint density at radius 3 is 2.80 bits per heavy atom. The Labute approximate surface area is 95.6 Å². The van der Waals surface area contributed by atoms with Gasteiger partial charge >= 0.3 is 5.97 Å². The Balaban J connectivity index is 2.29. The van der Waals surface area contributed by atoms with Crippen molar-refractivity contribution in [2.75, 3.05) is 6.61 Å². The number of hydrogen-bond acceptors (Lipinski definition) is 2. The van der Waals surface area contributed by atoms with E-state index in [9.17, 15) is 4.79 Å². The zero-order chi connectivity index (χ0) is 11.1. The van der Waals surface area contributed by atoms with E-state index in [1.54, 1.807) is 0 Å². The molecule has 1 aliphatic heterocycles. The minimum atomic E-state index is -0.452. The lowest BCUT2D eigenvalue weighted by Gasteiger charge is -1.92. The standard InChI is InChI=1S/C12H15ClO2/c1-2-3-4-5-6-7-8-10-9-15-12(14)11(10)13/h2-6,9H2,1H3. The molecule has 1 heterocycles. The summed E-state index contributed by atoms with van der Waals surface area (Å²) in [4.78, 5) is 10.9. The molecule has 0 saturated heterocycles. The molecule has 0 unspecified atom stereocenters. The van der Waals surface area contributed by atoms with Crippen LogP contribution in [0.5, 0.6) is 0 Å². The van der Waals surface area contributed by atoms with Gasteiger partial charge in [0.25, 0.3) is 0 Å². The molecule has 82 valence electrons. The summed E-state index contributed by atoms with van der Waals surface area (Å²) in [5.41, 5.74) is 0.622. The van der Waals surface area contributed by atoms with Gasteiger partial charge in [-0.25, -0.2) is 4.79 Å². The van der Waals surface area contributed by atoms with E-state index < -0.39 is 5.97 Å². The van der Waals surface area contributed by atoms with Gasteiger partial charge in [-0.3, -0.25) is 0 Å². The number of esters is 1. The highest BCUT2D eigenvalue weighted by Gasteiger charge is 2.21. The third-order valence-corrected chi connectivity index (χ3v) is 2.57. The molecule has 0 aliphatic carbocycles. The number of halogens is 1. The summed E-state index contributed by atoms with van der Waals surface area (Å²) in [6, 6.07) is 0. The zero-order valence-electron chi connectivity index (χ0n) is 8.94. The Morgan fingerprint density at radius 1 is 1.40 bits per heavy atom. The predicted molar refractivity (Wildman–Crippen MR) is 60.4 cm³/mol. The van der Waals surface area contributed by atoms with E-state index in [0.717, 1.165) is 12.8 Å². The summed E-state index contributed by atoms with van der Waals surface area (Å²) in [6.45, 7) is 2.41. The van der Waals surface area contributed by atoms with Crippen LogP contribution in [0.4, 0.5) is 0 Å². The lowest BCUT2D eigenvalue weighted by atomic mass is 10.1. The average molecular weight is 227 g/mol. The number of cyclic esters (lactones) is 1. The van der Waals surface area contributed by atoms with Crippen LogP contribution in [-0.4, -0.2) is 12.6 Å². The number of carbonyl (C=O) groups is 1. The Kier molecular flexibility index (Phi) is 5.28. The highest BCUT2D eigenvalue weighted by molar-refractivity contribution is 6.42. The van der Waals surface area contributed by atoms with Gasteiger partial charge in [-0.05, 0) is 6.42 Å². The van der Waals surface area contributed by atoms with Crippen LogP contribution >= 0.6 is 11.6 Å². The summed E-state index contributed by atoms with van der Waals surface area (Å²) in [7, 11) is 0. The molecule has 0 aromatic heterocycles. The highest BCUT2D eigenvalue weighted by atomic mass is 35.5. The normalized spacial score (nSPS) is 14.9. The number of hydrogen-bond donors (Lipinski definition) is 0. The Bertz CT molecular complexity index is 320. The second-order valence-electron chi connectivity index (χ2n) is 3.48. The van der Waals surface area contributed by atoms with E-state index in [4.69, 9.17) is 16.3 Å². The number of rotatable bonds is 4. The fraction of sp³-hybridized carbons (Fsp3) is 0.583. The molecule has 0 aromatic rings. The van der Waals surface area contributed by atoms with Crippen LogP contribution in [-0.2, 0) is 9.53 Å². The molecular weight excluding hydrogens is 212 g/mol. The minimum Gasteiger partial charge on any atom is -0.456 e. The van der Waals surface area contributed by atoms with Crippen LogP contribution in [0.2, 0.25) is 0 Å². The van der Waals surface area contributed by atoms with Crippen molar-refractivity contribution in [3.63, 3.8) is 0 Å². The van der Waals surface area contributed by atoms with Gasteiger partial charge in [-0.15, -0.1) is 0 Å². The molecule has 0 bridgehead atoms. The molecule has 0 spiro atoms. The number of ether oxygens (including phenoxy) is 1. The average Bonchev–Trinajstić information content (AvgIpc) is 2.54. The fourth-order valence-electron chi connectivity index (χ4n) is 1.29. The van der Waals surface area contributed by atoms with Gasteiger partial charge in [-0.1, -0.05) is 49.6 Å². The first-order valence-corrected chi connectivity index (χ1v) is 5.68. The maximum atomic E-state index is 10.9. The topological polar surface area (TPSA) is 26.3 Å². The van der Waals surface area contributed by atoms with Crippen molar-refractivity contribution < 1.29 is 9.53 Å². The van der Waals surface area contributed by atoms with Crippen LogP contribution in [0.25, 0.3) is 0 Å². The van der Waals surface area contributed by atoms with E-state index in [1.807, 2.05) is 0 Å². The maximum Gasteiger partial charge on any atom is 0.351 e. The maximum absolute atomic E-state index is 10.9. The van der Waals surface area contributed by atoms with E-state index in [0.29, 0.717) is 5.57 Å². The van der Waals surface area contributed by atoms with Crippen molar-refractivity contribution in [3.05, 3.63) is 10.6 Å². The number of carbonyl (C=O) groups excluding carboxylic acids is 1. The molecule has 3 heteroatoms. The predicted octanol–water partition coefficient (Wildman–Crippen LogP) is 3.01. The number of unbranched alkanes of at least 4 members (excludes halogenated alkanes) is 4. The lowest BCUT2D eigenvalue weighted by Crippen LogP contribution is -1.93. The summed E-state index contributed by atoms with van der Waals surface area (Å²) >= 11 is 5.69. The molecular formula is C12H15ClO2. The Morgan fingerprint density at radius 2 is 2.20 bits per heavy atom. The third kappa shape index (κ3) is 3.97. The van der Waals surface area contributed by atoms with Gasteiger partial charge in [0.1, 0.15) is 11.6 Å². The molecule has 0 radical (unpaired) electrons. The summed E-state index contributed by atoms with van der Waals surface area (Å²) < 4.78 is 4.73. The van der Waals surface area contributed by atoms with Gasteiger partial charge in [0, 0.05) is 6.42 Å². The molecule has 0 saturated carbocycles. The second-order valence-corrected chi connectivity index (χ2v) is 3.86. The first-order valence-electron chi connectivity index (χ1n) is 5.30. The minimum absolute atomic E-state index is 0.149. The van der Waals surface area contributed by atoms with E-state index >= 15 is 0 Å². The van der Waals surface area contributed by atoms with E-state index in [1.165, 1.54) is 19.3 Å². The first kappa shape index (κ1) is 12.1. The quantitative estimate of drug-likeness (QED) is 0.419. The van der Waals surface area contributed by atoms with Crippen LogP contribution in [0.3, 0.4) is 0 Å². The van der Waals surface area contributed by atoms with Gasteiger partial charge in [0.15, 0.2) is 0 Å². The largest absolute Gasteiger partial charge is 0.456 e. The highest BCUT2D eigenvalue weighted by Crippen LogP contribution is 2.18. The smallest absolute Gasteiger partial charge is 0.351 e. The van der Waals surface area contributed by atoms with E-state index in [-0.39, 0.29) is 11.6 Å². The summed E-state index contributed by atoms with van der Waals surface area (Å²) in [5, 5.41) is 0.149. The monoisotopic (exact) mass is 226 g/mol. The van der Waals surface area contributed by atoms with Crippen molar-refractivity contribution in [3.8, 4) is 11.8 Å². The molecule has 0 atom stereocenters. The van der Waals surface area contributed by atoms with Gasteiger partial charge in [0.05, 0.1) is 5.57 Å². The SMILES string of the molecule is CCCCCCC#CC1=C(Cl)C(=O)OC1. The zero-order valence-corrected chi connectivity index (χ0v) is 9.69. The van der Waals surface area contributed by atoms with Crippen LogP contribution < -0.4 is 0 Å². The van der Waals surface area contributed by atoms with Crippen LogP contribution in [0, 0.1) is 11.8 Å². The molecule has 0 N–H and O–H groups in total. The molecule has 1 rings (SSSR count). The van der Waals surface area contributed by atoms with Crippen LogP contribution in [0.15, 0.2) is 10.6 Å². The molecule has 0 amide bonds. The molecule has 0 aromatic carbocycles. The van der Waals surface area contributed by atoms with Crippen molar-refractivity contribution in [1.29, 1.82) is 0 Å². The Hall–Kier alpha value is -0.940. The van der Waals surface area contributed by atoms with Gasteiger partial charge < -0.3 is 4.74 Å². The van der Waals surface area contributed by atoms with Crippen molar-refractivity contribution in [2.45, 2.75) is 39.0 Å². The van der Waals surface area contributed by atoms with Gasteiger partial charge in [0.2, 0.25) is 0 Å². The van der Waals surface area contributed by atoms with Crippen molar-refractivity contribution >= 4 is 17.6 Å². The molecule has 2 nitrogen and oxygen atoms in total. The van der Waals surface area contributed by atoms with Crippen LogP contribution in [0.1, 0.15) is 39.0 Å². The summed E-state index contributed by atoms with van der Waals surface area (Å²) in [5.74, 6) is 5.45. The van der Waals surface area contributed by atoms with Crippen molar-refractivity contribution in [1.82, 2.24) is 0 Å². The molecule has 0 fully saturated rings. The first-order chi connectivity index (χ1) is 7.25.